The molecule has 1 unspecified atom stereocenters. The number of rotatable bonds is 4. The Kier molecular flexibility index (Phi) is 5.55. The monoisotopic (exact) mass is 375 g/mol. The van der Waals surface area contributed by atoms with Crippen LogP contribution in [0.2, 0.25) is 0 Å². The quantitative estimate of drug-likeness (QED) is 0.719. The van der Waals surface area contributed by atoms with E-state index < -0.39 is 5.60 Å². The van der Waals surface area contributed by atoms with Gasteiger partial charge in [-0.2, -0.15) is 0 Å². The summed E-state index contributed by atoms with van der Waals surface area (Å²) in [4.78, 5) is 14.1. The number of aryl methyl sites for hydroxylation is 1. The third-order valence-electron chi connectivity index (χ3n) is 4.07. The van der Waals surface area contributed by atoms with Gasteiger partial charge in [0.15, 0.2) is 0 Å². The van der Waals surface area contributed by atoms with Crippen LogP contribution in [0.5, 0.6) is 0 Å². The van der Waals surface area contributed by atoms with Gasteiger partial charge in [-0.15, -0.1) is 10.2 Å². The normalized spacial score (nSPS) is 17.5. The van der Waals surface area contributed by atoms with Crippen molar-refractivity contribution in [2.24, 2.45) is 0 Å². The molecule has 1 fully saturated rings. The van der Waals surface area contributed by atoms with E-state index in [0.29, 0.717) is 17.7 Å². The van der Waals surface area contributed by atoms with Crippen LogP contribution in [-0.4, -0.2) is 33.3 Å². The Hall–Kier alpha value is -2.02. The maximum atomic E-state index is 12.4. The summed E-state index contributed by atoms with van der Waals surface area (Å²) in [5.41, 5.74) is 1.92. The average molecular weight is 375 g/mol. The number of hydrogen-bond donors (Lipinski definition) is 0. The Morgan fingerprint density at radius 1 is 1.31 bits per heavy atom. The van der Waals surface area contributed by atoms with Gasteiger partial charge in [0.25, 0.3) is 5.22 Å². The number of carbonyl (C=O) groups excluding carboxylic acids is 1. The summed E-state index contributed by atoms with van der Waals surface area (Å²) in [5, 5.41) is 8.82. The molecule has 2 heterocycles. The van der Waals surface area contributed by atoms with Gasteiger partial charge in [-0.05, 0) is 46.1 Å². The van der Waals surface area contributed by atoms with E-state index in [1.807, 2.05) is 20.8 Å². The lowest BCUT2D eigenvalue weighted by Gasteiger charge is -2.27. The van der Waals surface area contributed by atoms with E-state index in [1.165, 1.54) is 22.9 Å². The lowest BCUT2D eigenvalue weighted by Crippen LogP contribution is -2.36. The highest BCUT2D eigenvalue weighted by Gasteiger charge is 2.36. The van der Waals surface area contributed by atoms with Gasteiger partial charge >= 0.3 is 6.09 Å². The molecule has 1 aromatic carbocycles. The van der Waals surface area contributed by atoms with Crippen molar-refractivity contribution in [3.05, 3.63) is 41.3 Å². The minimum Gasteiger partial charge on any atom is -0.444 e. The Balaban J connectivity index is 1.62. The summed E-state index contributed by atoms with van der Waals surface area (Å²) >= 11 is 1.50. The van der Waals surface area contributed by atoms with Crippen LogP contribution < -0.4 is 0 Å². The fourth-order valence-corrected chi connectivity index (χ4v) is 3.53. The van der Waals surface area contributed by atoms with E-state index in [-0.39, 0.29) is 12.1 Å². The van der Waals surface area contributed by atoms with Crippen LogP contribution in [0.1, 0.15) is 56.7 Å². The second-order valence-corrected chi connectivity index (χ2v) is 8.44. The smallest absolute Gasteiger partial charge is 0.410 e. The topological polar surface area (TPSA) is 68.5 Å². The van der Waals surface area contributed by atoms with Crippen molar-refractivity contribution < 1.29 is 13.9 Å². The summed E-state index contributed by atoms with van der Waals surface area (Å²) in [6.07, 6.45) is 1.38. The first-order valence-corrected chi connectivity index (χ1v) is 9.82. The summed E-state index contributed by atoms with van der Waals surface area (Å²) in [5.74, 6) is 1.25. The second-order valence-electron chi connectivity index (χ2n) is 7.51. The third kappa shape index (κ3) is 4.78. The number of amides is 1. The van der Waals surface area contributed by atoms with Crippen LogP contribution in [-0.2, 0) is 10.5 Å². The van der Waals surface area contributed by atoms with Crippen LogP contribution in [0.3, 0.4) is 0 Å². The molecule has 1 aliphatic rings. The predicted molar refractivity (Wildman–Crippen MR) is 100.0 cm³/mol. The molecule has 0 radical (unpaired) electrons. The summed E-state index contributed by atoms with van der Waals surface area (Å²) in [6, 6.07) is 8.17. The summed E-state index contributed by atoms with van der Waals surface area (Å²) < 4.78 is 11.3. The van der Waals surface area contributed by atoms with Gasteiger partial charge in [0, 0.05) is 12.3 Å². The summed E-state index contributed by atoms with van der Waals surface area (Å²) in [6.45, 7) is 8.31. The third-order valence-corrected chi connectivity index (χ3v) is 4.96. The maximum Gasteiger partial charge on any atom is 0.410 e. The number of nitrogens with zero attached hydrogens (tertiary/aromatic N) is 3. The number of carbonyl (C=O) groups is 1. The van der Waals surface area contributed by atoms with E-state index in [0.717, 1.165) is 18.6 Å². The van der Waals surface area contributed by atoms with E-state index in [2.05, 4.69) is 41.4 Å². The van der Waals surface area contributed by atoms with E-state index >= 15 is 0 Å². The number of hydrogen-bond acceptors (Lipinski definition) is 6. The number of ether oxygens (including phenoxy) is 1. The molecule has 1 aliphatic heterocycles. The Morgan fingerprint density at radius 2 is 2.04 bits per heavy atom. The average Bonchev–Trinajstić information content (AvgIpc) is 3.21. The van der Waals surface area contributed by atoms with Gasteiger partial charge in [-0.3, -0.25) is 4.90 Å². The molecular weight excluding hydrogens is 350 g/mol. The molecule has 0 aliphatic carbocycles. The molecule has 140 valence electrons. The first-order valence-electron chi connectivity index (χ1n) is 8.83. The molecule has 7 heteroatoms. The predicted octanol–water partition coefficient (Wildman–Crippen LogP) is 4.74. The molecule has 0 spiro atoms. The van der Waals surface area contributed by atoms with Gasteiger partial charge in [-0.1, -0.05) is 41.6 Å². The first-order chi connectivity index (χ1) is 12.3. The van der Waals surface area contributed by atoms with Crippen molar-refractivity contribution in [2.45, 2.75) is 63.2 Å². The van der Waals surface area contributed by atoms with Gasteiger partial charge in [0.1, 0.15) is 11.6 Å². The molecule has 1 aromatic heterocycles. The molecule has 2 aromatic rings. The molecule has 6 nitrogen and oxygen atoms in total. The van der Waals surface area contributed by atoms with Crippen molar-refractivity contribution in [2.75, 3.05) is 6.54 Å². The van der Waals surface area contributed by atoms with E-state index in [9.17, 15) is 4.79 Å². The molecular formula is C19H25N3O3S. The van der Waals surface area contributed by atoms with Crippen molar-refractivity contribution in [1.82, 2.24) is 15.1 Å². The van der Waals surface area contributed by atoms with Crippen LogP contribution >= 0.6 is 11.8 Å². The highest BCUT2D eigenvalue weighted by atomic mass is 32.2. The minimum absolute atomic E-state index is 0.203. The van der Waals surface area contributed by atoms with Crippen LogP contribution in [0.15, 0.2) is 33.9 Å². The van der Waals surface area contributed by atoms with E-state index in [4.69, 9.17) is 9.15 Å². The van der Waals surface area contributed by atoms with Crippen molar-refractivity contribution in [3.8, 4) is 0 Å². The van der Waals surface area contributed by atoms with Crippen molar-refractivity contribution in [1.29, 1.82) is 0 Å². The Labute approximate surface area is 158 Å². The highest BCUT2D eigenvalue weighted by Crippen LogP contribution is 2.34. The van der Waals surface area contributed by atoms with Gasteiger partial charge in [0.2, 0.25) is 5.89 Å². The lowest BCUT2D eigenvalue weighted by atomic mass is 10.2. The number of benzene rings is 1. The number of thioether (sulfide) groups is 1. The van der Waals surface area contributed by atoms with Crippen LogP contribution in [0.4, 0.5) is 4.79 Å². The Bertz CT molecular complexity index is 752. The molecule has 26 heavy (non-hydrogen) atoms. The zero-order valence-electron chi connectivity index (χ0n) is 15.7. The molecule has 3 rings (SSSR count). The lowest BCUT2D eigenvalue weighted by molar-refractivity contribution is 0.0201. The van der Waals surface area contributed by atoms with Gasteiger partial charge in [-0.25, -0.2) is 4.79 Å². The molecule has 1 amide bonds. The van der Waals surface area contributed by atoms with Crippen LogP contribution in [0.25, 0.3) is 0 Å². The molecule has 1 atom stereocenters. The second kappa shape index (κ2) is 7.70. The fraction of sp³-hybridized carbons (Fsp3) is 0.526. The SMILES string of the molecule is Cc1ccc(CSc2nnc(C3CCCN3C(=O)OC(C)(C)C)o2)cc1. The largest absolute Gasteiger partial charge is 0.444 e. The highest BCUT2D eigenvalue weighted by molar-refractivity contribution is 7.98. The first kappa shape index (κ1) is 18.8. The Morgan fingerprint density at radius 3 is 2.73 bits per heavy atom. The minimum atomic E-state index is -0.520. The molecule has 0 bridgehead atoms. The van der Waals surface area contributed by atoms with Crippen molar-refractivity contribution >= 4 is 17.9 Å². The van der Waals surface area contributed by atoms with Gasteiger partial charge in [0.05, 0.1) is 0 Å². The molecule has 1 saturated heterocycles. The van der Waals surface area contributed by atoms with Crippen LogP contribution in [0, 0.1) is 6.92 Å². The van der Waals surface area contributed by atoms with E-state index in [1.54, 1.807) is 4.90 Å². The standard InChI is InChI=1S/C19H25N3O3S/c1-13-7-9-14(10-8-13)12-26-17-21-20-16(24-17)15-6-5-11-22(15)18(23)25-19(2,3)4/h7-10,15H,5-6,11-12H2,1-4H3. The summed E-state index contributed by atoms with van der Waals surface area (Å²) in [7, 11) is 0. The maximum absolute atomic E-state index is 12.4. The molecule has 0 N–H and O–H groups in total. The fourth-order valence-electron chi connectivity index (χ4n) is 2.81. The number of likely N-dealkylation sites (tertiary alicyclic amines) is 1. The van der Waals surface area contributed by atoms with Crippen molar-refractivity contribution in [3.63, 3.8) is 0 Å². The molecule has 0 saturated carbocycles. The van der Waals surface area contributed by atoms with Gasteiger partial charge < -0.3 is 9.15 Å². The zero-order valence-corrected chi connectivity index (χ0v) is 16.5. The zero-order chi connectivity index (χ0) is 18.7. The number of aromatic nitrogens is 2.